The van der Waals surface area contributed by atoms with E-state index in [1.165, 1.54) is 10.8 Å². The zero-order chi connectivity index (χ0) is 25.5. The number of halogens is 2. The number of carbonyl (C=O) groups excluding carboxylic acids is 1. The van der Waals surface area contributed by atoms with E-state index in [0.717, 1.165) is 10.1 Å². The maximum Gasteiger partial charge on any atom is 0.345 e. The molecule has 8 nitrogen and oxygen atoms in total. The molecule has 0 amide bonds. The summed E-state index contributed by atoms with van der Waals surface area (Å²) in [7, 11) is 0. The minimum Gasteiger partial charge on any atom is -0.462 e. The van der Waals surface area contributed by atoms with Crippen LogP contribution in [0.3, 0.4) is 0 Å². The molecule has 0 bridgehead atoms. The Bertz CT molecular complexity index is 1480. The van der Waals surface area contributed by atoms with Gasteiger partial charge in [0.25, 0.3) is 5.56 Å². The number of hydrogen-bond donors (Lipinski definition) is 0. The van der Waals surface area contributed by atoms with Crippen LogP contribution in [0.4, 0.5) is 0 Å². The standard InChI is InChI=1S/C25H26Cl2N4O4/c1-5-35-23(33)18-13-29(17-8-9-20-19(11-17)28-14-31(20)15(2)3)24(34)30(22(18)32)12-16-7-6-10-25(4,27)21(16)26/h6-11,13-15,21H,5,12H2,1-4H3. The molecular weight excluding hydrogens is 491 g/mol. The molecule has 10 heteroatoms. The first-order chi connectivity index (χ1) is 16.5. The van der Waals surface area contributed by atoms with Crippen LogP contribution in [-0.2, 0) is 11.3 Å². The number of allylic oxidation sites excluding steroid dienone is 4. The number of benzene rings is 1. The van der Waals surface area contributed by atoms with Crippen LogP contribution in [0.15, 0.2) is 64.1 Å². The van der Waals surface area contributed by atoms with Gasteiger partial charge in [-0.2, -0.15) is 0 Å². The van der Waals surface area contributed by atoms with Crippen LogP contribution in [0.2, 0.25) is 0 Å². The van der Waals surface area contributed by atoms with E-state index in [1.54, 1.807) is 50.5 Å². The lowest BCUT2D eigenvalue weighted by Crippen LogP contribution is -2.44. The summed E-state index contributed by atoms with van der Waals surface area (Å²) in [6.07, 6.45) is 8.16. The van der Waals surface area contributed by atoms with Crippen molar-refractivity contribution >= 4 is 40.2 Å². The molecule has 1 aliphatic carbocycles. The van der Waals surface area contributed by atoms with Crippen molar-refractivity contribution in [2.45, 2.75) is 50.5 Å². The fourth-order valence-electron chi connectivity index (χ4n) is 4.06. The van der Waals surface area contributed by atoms with Gasteiger partial charge in [-0.25, -0.2) is 14.6 Å². The normalized spacial score (nSPS) is 19.9. The number of hydrogen-bond acceptors (Lipinski definition) is 5. The van der Waals surface area contributed by atoms with Gasteiger partial charge in [0.2, 0.25) is 0 Å². The quantitative estimate of drug-likeness (QED) is 0.361. The number of fused-ring (bicyclic) bond motifs is 1. The molecule has 2 unspecified atom stereocenters. The van der Waals surface area contributed by atoms with Crippen LogP contribution in [0.1, 0.15) is 44.1 Å². The molecule has 2 heterocycles. The van der Waals surface area contributed by atoms with E-state index in [1.807, 2.05) is 24.5 Å². The molecule has 0 fully saturated rings. The summed E-state index contributed by atoms with van der Waals surface area (Å²) in [6.45, 7) is 7.44. The highest BCUT2D eigenvalue weighted by Crippen LogP contribution is 2.34. The van der Waals surface area contributed by atoms with Gasteiger partial charge in [0.15, 0.2) is 0 Å². The summed E-state index contributed by atoms with van der Waals surface area (Å²) < 4.78 is 9.33. The summed E-state index contributed by atoms with van der Waals surface area (Å²) in [5.74, 6) is -0.813. The minimum atomic E-state index is -0.882. The third-order valence-electron chi connectivity index (χ3n) is 5.95. The average molecular weight is 517 g/mol. The summed E-state index contributed by atoms with van der Waals surface area (Å²) in [4.78, 5) is 43.0. The zero-order valence-electron chi connectivity index (χ0n) is 19.9. The first kappa shape index (κ1) is 25.0. The second kappa shape index (κ2) is 9.51. The Morgan fingerprint density at radius 2 is 2.03 bits per heavy atom. The number of ether oxygens (including phenoxy) is 1. The topological polar surface area (TPSA) is 88.1 Å². The van der Waals surface area contributed by atoms with Crippen molar-refractivity contribution in [2.24, 2.45) is 0 Å². The summed E-state index contributed by atoms with van der Waals surface area (Å²) in [5.41, 5.74) is 0.971. The van der Waals surface area contributed by atoms with Crippen molar-refractivity contribution in [3.63, 3.8) is 0 Å². The van der Waals surface area contributed by atoms with Crippen molar-refractivity contribution in [1.29, 1.82) is 0 Å². The lowest BCUT2D eigenvalue weighted by Gasteiger charge is -2.29. The Labute approximate surface area is 212 Å². The molecular formula is C25H26Cl2N4O4. The van der Waals surface area contributed by atoms with E-state index in [2.05, 4.69) is 4.98 Å². The second-order valence-corrected chi connectivity index (χ2v) is 10.1. The zero-order valence-corrected chi connectivity index (χ0v) is 21.4. The van der Waals surface area contributed by atoms with Gasteiger partial charge < -0.3 is 9.30 Å². The number of aromatic nitrogens is 4. The van der Waals surface area contributed by atoms with Crippen LogP contribution >= 0.6 is 23.2 Å². The van der Waals surface area contributed by atoms with Gasteiger partial charge in [-0.3, -0.25) is 13.9 Å². The largest absolute Gasteiger partial charge is 0.462 e. The van der Waals surface area contributed by atoms with E-state index in [-0.39, 0.29) is 24.8 Å². The summed E-state index contributed by atoms with van der Waals surface area (Å²) in [5, 5.41) is -0.656. The van der Waals surface area contributed by atoms with Gasteiger partial charge in [-0.15, -0.1) is 23.2 Å². The van der Waals surface area contributed by atoms with Crippen LogP contribution < -0.4 is 11.2 Å². The molecule has 4 rings (SSSR count). The predicted octanol–water partition coefficient (Wildman–Crippen LogP) is 4.21. The summed E-state index contributed by atoms with van der Waals surface area (Å²) >= 11 is 13.0. The van der Waals surface area contributed by atoms with E-state index >= 15 is 0 Å². The molecule has 1 aromatic carbocycles. The predicted molar refractivity (Wildman–Crippen MR) is 137 cm³/mol. The fraction of sp³-hybridized carbons (Fsp3) is 0.360. The monoisotopic (exact) mass is 516 g/mol. The van der Waals surface area contributed by atoms with E-state index < -0.39 is 27.5 Å². The van der Waals surface area contributed by atoms with Gasteiger partial charge in [0.05, 0.1) is 46.5 Å². The Kier molecular flexibility index (Phi) is 6.79. The molecule has 1 aliphatic rings. The Hall–Kier alpha value is -3.10. The average Bonchev–Trinajstić information content (AvgIpc) is 3.23. The maximum atomic E-state index is 13.5. The lowest BCUT2D eigenvalue weighted by atomic mass is 9.94. The Balaban J connectivity index is 1.89. The van der Waals surface area contributed by atoms with Gasteiger partial charge in [-0.05, 0) is 51.5 Å². The number of imidazole rings is 1. The highest BCUT2D eigenvalue weighted by atomic mass is 35.5. The Morgan fingerprint density at radius 1 is 1.29 bits per heavy atom. The van der Waals surface area contributed by atoms with Crippen molar-refractivity contribution in [3.05, 3.63) is 80.9 Å². The van der Waals surface area contributed by atoms with Crippen molar-refractivity contribution in [1.82, 2.24) is 18.7 Å². The van der Waals surface area contributed by atoms with Crippen LogP contribution in [0.25, 0.3) is 16.7 Å². The van der Waals surface area contributed by atoms with Gasteiger partial charge in [0.1, 0.15) is 5.56 Å². The summed E-state index contributed by atoms with van der Waals surface area (Å²) in [6, 6.07) is 5.55. The van der Waals surface area contributed by atoms with Crippen molar-refractivity contribution < 1.29 is 9.53 Å². The highest BCUT2D eigenvalue weighted by molar-refractivity contribution is 6.34. The molecule has 0 spiro atoms. The number of carbonyl (C=O) groups is 1. The van der Waals surface area contributed by atoms with Gasteiger partial charge >= 0.3 is 11.7 Å². The molecule has 0 radical (unpaired) electrons. The number of rotatable bonds is 6. The van der Waals surface area contributed by atoms with E-state index in [4.69, 9.17) is 27.9 Å². The van der Waals surface area contributed by atoms with E-state index in [0.29, 0.717) is 16.8 Å². The van der Waals surface area contributed by atoms with Crippen LogP contribution in [0.5, 0.6) is 0 Å². The first-order valence-corrected chi connectivity index (χ1v) is 12.1. The number of esters is 1. The molecule has 3 aromatic rings. The first-order valence-electron chi connectivity index (χ1n) is 11.3. The number of alkyl halides is 2. The molecule has 0 N–H and O–H groups in total. The van der Waals surface area contributed by atoms with Crippen molar-refractivity contribution in [2.75, 3.05) is 6.61 Å². The van der Waals surface area contributed by atoms with Gasteiger partial charge in [-0.1, -0.05) is 18.2 Å². The molecule has 2 atom stereocenters. The molecule has 35 heavy (non-hydrogen) atoms. The lowest BCUT2D eigenvalue weighted by molar-refractivity contribution is 0.0522. The SMILES string of the molecule is CCOC(=O)c1cn(-c2ccc3c(c2)ncn3C(C)C)c(=O)n(CC2=CC=CC(C)(Cl)C2Cl)c1=O. The van der Waals surface area contributed by atoms with Crippen LogP contribution in [0, 0.1) is 0 Å². The molecule has 0 saturated heterocycles. The second-order valence-electron chi connectivity index (χ2n) is 8.84. The molecule has 2 aromatic heterocycles. The van der Waals surface area contributed by atoms with Gasteiger partial charge in [0, 0.05) is 12.2 Å². The fourth-order valence-corrected chi connectivity index (χ4v) is 4.49. The molecule has 0 aliphatic heterocycles. The van der Waals surface area contributed by atoms with Crippen LogP contribution in [-0.4, -0.2) is 41.5 Å². The maximum absolute atomic E-state index is 13.5. The van der Waals surface area contributed by atoms with Crippen molar-refractivity contribution in [3.8, 4) is 5.69 Å². The molecule has 184 valence electrons. The number of nitrogens with zero attached hydrogens (tertiary/aromatic N) is 4. The highest BCUT2D eigenvalue weighted by Gasteiger charge is 2.33. The third-order valence-corrected chi connectivity index (χ3v) is 7.14. The third kappa shape index (κ3) is 4.60. The molecule has 0 saturated carbocycles. The smallest absolute Gasteiger partial charge is 0.345 e. The Morgan fingerprint density at radius 3 is 2.71 bits per heavy atom. The van der Waals surface area contributed by atoms with E-state index in [9.17, 15) is 14.4 Å². The minimum absolute atomic E-state index is 0.0836.